The van der Waals surface area contributed by atoms with Crippen molar-refractivity contribution in [3.63, 3.8) is 0 Å². The minimum absolute atomic E-state index is 0.0580. The molecule has 0 aliphatic carbocycles. The average Bonchev–Trinajstić information content (AvgIpc) is 3.28. The highest BCUT2D eigenvalue weighted by atomic mass is 16.5. The van der Waals surface area contributed by atoms with Crippen LogP contribution >= 0.6 is 0 Å². The van der Waals surface area contributed by atoms with Crippen molar-refractivity contribution in [2.45, 2.75) is 44.9 Å². The highest BCUT2D eigenvalue weighted by Crippen LogP contribution is 2.17. The molecular formula is C24H28N4O2. The number of amides is 1. The average molecular weight is 405 g/mol. The quantitative estimate of drug-likeness (QED) is 0.574. The number of hydrogen-bond acceptors (Lipinski definition) is 4. The fourth-order valence-electron chi connectivity index (χ4n) is 3.80. The van der Waals surface area contributed by atoms with Crippen molar-refractivity contribution in [3.8, 4) is 0 Å². The van der Waals surface area contributed by atoms with Crippen molar-refractivity contribution in [1.82, 2.24) is 19.9 Å². The van der Waals surface area contributed by atoms with Crippen LogP contribution in [0.15, 0.2) is 66.9 Å². The lowest BCUT2D eigenvalue weighted by atomic mass is 10.1. The van der Waals surface area contributed by atoms with E-state index < -0.39 is 0 Å². The molecule has 4 rings (SSSR count). The lowest BCUT2D eigenvalue weighted by molar-refractivity contribution is -0.00689. The van der Waals surface area contributed by atoms with Gasteiger partial charge in [-0.25, -0.2) is 0 Å². The van der Waals surface area contributed by atoms with Crippen LogP contribution in [-0.4, -0.2) is 45.0 Å². The summed E-state index contributed by atoms with van der Waals surface area (Å²) in [6.07, 6.45) is 5.68. The van der Waals surface area contributed by atoms with Gasteiger partial charge in [-0.05, 0) is 36.8 Å². The summed E-state index contributed by atoms with van der Waals surface area (Å²) in [6, 6.07) is 20.5. The molecule has 0 bridgehead atoms. The van der Waals surface area contributed by atoms with Crippen LogP contribution in [0.3, 0.4) is 0 Å². The van der Waals surface area contributed by atoms with E-state index in [1.54, 1.807) is 10.9 Å². The molecular weight excluding hydrogens is 376 g/mol. The summed E-state index contributed by atoms with van der Waals surface area (Å²) in [5, 5.41) is 8.26. The summed E-state index contributed by atoms with van der Waals surface area (Å²) in [6.45, 7) is 2.67. The smallest absolute Gasteiger partial charge is 0.276 e. The molecule has 0 N–H and O–H groups in total. The minimum atomic E-state index is -0.0580. The highest BCUT2D eigenvalue weighted by molar-refractivity contribution is 5.92. The summed E-state index contributed by atoms with van der Waals surface area (Å²) in [4.78, 5) is 14.7. The number of piperidine rings is 1. The van der Waals surface area contributed by atoms with Gasteiger partial charge in [-0.2, -0.15) is 0 Å². The molecule has 0 radical (unpaired) electrons. The molecule has 1 atom stereocenters. The zero-order chi connectivity index (χ0) is 20.6. The summed E-state index contributed by atoms with van der Waals surface area (Å²) >= 11 is 0. The van der Waals surface area contributed by atoms with E-state index in [4.69, 9.17) is 4.74 Å². The first-order chi connectivity index (χ1) is 14.8. The molecule has 3 aromatic rings. The molecule has 6 heteroatoms. The first-order valence-electron chi connectivity index (χ1n) is 10.7. The van der Waals surface area contributed by atoms with Crippen LogP contribution in [0.4, 0.5) is 0 Å². The maximum Gasteiger partial charge on any atom is 0.276 e. The van der Waals surface area contributed by atoms with Gasteiger partial charge in [0.05, 0.1) is 18.9 Å². The van der Waals surface area contributed by atoms with Crippen molar-refractivity contribution < 1.29 is 9.53 Å². The van der Waals surface area contributed by atoms with Gasteiger partial charge in [0.15, 0.2) is 5.69 Å². The number of benzene rings is 2. The van der Waals surface area contributed by atoms with Crippen molar-refractivity contribution in [1.29, 1.82) is 0 Å². The Morgan fingerprint density at radius 1 is 1.03 bits per heavy atom. The van der Waals surface area contributed by atoms with E-state index in [2.05, 4.69) is 46.7 Å². The maximum atomic E-state index is 12.9. The van der Waals surface area contributed by atoms with E-state index in [0.29, 0.717) is 18.8 Å². The number of likely N-dealkylation sites (tertiary alicyclic amines) is 1. The summed E-state index contributed by atoms with van der Waals surface area (Å²) in [5.41, 5.74) is 2.88. The second kappa shape index (κ2) is 10.2. The fourth-order valence-corrected chi connectivity index (χ4v) is 3.80. The third-order valence-electron chi connectivity index (χ3n) is 5.45. The van der Waals surface area contributed by atoms with Gasteiger partial charge in [0.1, 0.15) is 0 Å². The first-order valence-corrected chi connectivity index (χ1v) is 10.7. The Bertz CT molecular complexity index is 927. The van der Waals surface area contributed by atoms with Gasteiger partial charge < -0.3 is 9.64 Å². The normalized spacial score (nSPS) is 16.5. The summed E-state index contributed by atoms with van der Waals surface area (Å²) in [7, 11) is 0. The van der Waals surface area contributed by atoms with E-state index in [9.17, 15) is 4.79 Å². The maximum absolute atomic E-state index is 12.9. The van der Waals surface area contributed by atoms with Gasteiger partial charge in [-0.1, -0.05) is 65.9 Å². The monoisotopic (exact) mass is 404 g/mol. The van der Waals surface area contributed by atoms with Gasteiger partial charge in [0, 0.05) is 19.6 Å². The molecule has 1 fully saturated rings. The second-order valence-corrected chi connectivity index (χ2v) is 7.77. The molecule has 6 nitrogen and oxygen atoms in total. The third-order valence-corrected chi connectivity index (χ3v) is 5.45. The Morgan fingerprint density at radius 3 is 2.53 bits per heavy atom. The Labute approximate surface area is 177 Å². The van der Waals surface area contributed by atoms with Crippen LogP contribution in [-0.2, 0) is 24.3 Å². The van der Waals surface area contributed by atoms with Crippen LogP contribution in [0.25, 0.3) is 0 Å². The summed E-state index contributed by atoms with van der Waals surface area (Å²) in [5.74, 6) is -0.0580. The molecule has 156 valence electrons. The molecule has 0 saturated carbocycles. The van der Waals surface area contributed by atoms with Gasteiger partial charge in [-0.3, -0.25) is 9.48 Å². The van der Waals surface area contributed by atoms with Gasteiger partial charge in [0.2, 0.25) is 0 Å². The van der Waals surface area contributed by atoms with Crippen LogP contribution in [0.2, 0.25) is 0 Å². The highest BCUT2D eigenvalue weighted by Gasteiger charge is 2.26. The van der Waals surface area contributed by atoms with E-state index >= 15 is 0 Å². The van der Waals surface area contributed by atoms with Crippen molar-refractivity contribution in [2.75, 3.05) is 13.1 Å². The molecule has 1 aromatic heterocycles. The Balaban J connectivity index is 1.26. The molecule has 2 heterocycles. The van der Waals surface area contributed by atoms with Crippen molar-refractivity contribution in [2.24, 2.45) is 0 Å². The standard InChI is InChI=1S/C24H28N4O2/c29-24(23-18-28(26-25-23)16-7-13-20-9-3-1-4-10-20)27-15-8-14-22(17-27)30-19-21-11-5-2-6-12-21/h1-6,9-12,18,22H,7-8,13-17,19H2/t22-/m0/s1. The molecule has 1 aliphatic heterocycles. The molecule has 30 heavy (non-hydrogen) atoms. The molecule has 1 saturated heterocycles. The number of aryl methyl sites for hydroxylation is 2. The zero-order valence-corrected chi connectivity index (χ0v) is 17.2. The van der Waals surface area contributed by atoms with Crippen LogP contribution in [0, 0.1) is 0 Å². The number of hydrogen-bond donors (Lipinski definition) is 0. The second-order valence-electron chi connectivity index (χ2n) is 7.77. The number of nitrogens with zero attached hydrogens (tertiary/aromatic N) is 4. The predicted octanol–water partition coefficient (Wildman–Crippen LogP) is 3.73. The molecule has 2 aromatic carbocycles. The first kappa shape index (κ1) is 20.3. The SMILES string of the molecule is O=C(c1cn(CCCc2ccccc2)nn1)N1CCC[C@H](OCc2ccccc2)C1. The zero-order valence-electron chi connectivity index (χ0n) is 17.2. The Hall–Kier alpha value is -2.99. The van der Waals surface area contributed by atoms with Crippen molar-refractivity contribution in [3.05, 3.63) is 83.7 Å². The number of aromatic nitrogens is 3. The minimum Gasteiger partial charge on any atom is -0.372 e. The molecule has 1 amide bonds. The van der Waals surface area contributed by atoms with E-state index in [-0.39, 0.29) is 12.0 Å². The molecule has 0 unspecified atom stereocenters. The van der Waals surface area contributed by atoms with Crippen molar-refractivity contribution >= 4 is 5.91 Å². The Morgan fingerprint density at radius 2 is 1.77 bits per heavy atom. The number of ether oxygens (including phenoxy) is 1. The number of carbonyl (C=O) groups excluding carboxylic acids is 1. The topological polar surface area (TPSA) is 60.2 Å². The van der Waals surface area contributed by atoms with Crippen LogP contribution in [0.1, 0.15) is 40.9 Å². The Kier molecular flexibility index (Phi) is 6.87. The lowest BCUT2D eigenvalue weighted by Crippen LogP contribution is -2.43. The number of carbonyl (C=O) groups is 1. The van der Waals surface area contributed by atoms with Crippen LogP contribution in [0.5, 0.6) is 0 Å². The van der Waals surface area contributed by atoms with E-state index in [1.165, 1.54) is 5.56 Å². The lowest BCUT2D eigenvalue weighted by Gasteiger charge is -2.32. The van der Waals surface area contributed by atoms with E-state index in [1.807, 2.05) is 29.2 Å². The summed E-state index contributed by atoms with van der Waals surface area (Å²) < 4.78 is 7.82. The number of rotatable bonds is 8. The largest absolute Gasteiger partial charge is 0.372 e. The van der Waals surface area contributed by atoms with Crippen LogP contribution < -0.4 is 0 Å². The van der Waals surface area contributed by atoms with Gasteiger partial charge >= 0.3 is 0 Å². The predicted molar refractivity (Wildman–Crippen MR) is 115 cm³/mol. The molecule has 1 aliphatic rings. The molecule has 0 spiro atoms. The van der Waals surface area contributed by atoms with Gasteiger partial charge in [0.25, 0.3) is 5.91 Å². The third kappa shape index (κ3) is 5.54. The van der Waals surface area contributed by atoms with Gasteiger partial charge in [-0.15, -0.1) is 5.10 Å². The van der Waals surface area contributed by atoms with E-state index in [0.717, 1.165) is 44.3 Å². The fraction of sp³-hybridized carbons (Fsp3) is 0.375.